The van der Waals surface area contributed by atoms with Gasteiger partial charge in [-0.25, -0.2) is 13.4 Å². The number of thiophene rings is 1. The van der Waals surface area contributed by atoms with E-state index in [1.165, 1.54) is 34.2 Å². The first-order valence-electron chi connectivity index (χ1n) is 10.3. The minimum atomic E-state index is -3.15. The molecule has 3 aromatic rings. The molecule has 2 aromatic heterocycles. The standard InChI is InChI=1S/C22H25N3O5S2/c1-15-3-5-16(6-4-15)18-12-31-21-20(18)22(27)24(14-23-21)11-19(26)25(8-9-30-2)17-7-10-32(28,29)13-17/h3-6,12,14,17H,7-11,13H2,1-2H3/t17-/m1/s1. The largest absolute Gasteiger partial charge is 0.383 e. The number of rotatable bonds is 7. The summed E-state index contributed by atoms with van der Waals surface area (Å²) < 4.78 is 30.3. The van der Waals surface area contributed by atoms with Crippen LogP contribution in [-0.4, -0.2) is 66.6 Å². The van der Waals surface area contributed by atoms with Gasteiger partial charge in [-0.3, -0.25) is 14.2 Å². The maximum absolute atomic E-state index is 13.3. The first kappa shape index (κ1) is 22.6. The molecule has 4 rings (SSSR count). The topological polar surface area (TPSA) is 98.6 Å². The molecule has 1 aliphatic rings. The molecule has 1 saturated heterocycles. The molecule has 0 aliphatic carbocycles. The Morgan fingerprint density at radius 2 is 2.06 bits per heavy atom. The second kappa shape index (κ2) is 9.13. The van der Waals surface area contributed by atoms with Crippen molar-refractivity contribution in [3.8, 4) is 11.1 Å². The number of methoxy groups -OCH3 is 1. The van der Waals surface area contributed by atoms with Gasteiger partial charge < -0.3 is 9.64 Å². The molecule has 1 amide bonds. The van der Waals surface area contributed by atoms with Crippen LogP contribution in [0.1, 0.15) is 12.0 Å². The first-order chi connectivity index (χ1) is 15.3. The van der Waals surface area contributed by atoms with Gasteiger partial charge in [-0.2, -0.15) is 0 Å². The highest BCUT2D eigenvalue weighted by Gasteiger charge is 2.34. The molecule has 170 valence electrons. The summed E-state index contributed by atoms with van der Waals surface area (Å²) in [6.07, 6.45) is 1.78. The van der Waals surface area contributed by atoms with E-state index >= 15 is 0 Å². The number of aryl methyl sites for hydroxylation is 1. The van der Waals surface area contributed by atoms with Crippen LogP contribution in [0.2, 0.25) is 0 Å². The van der Waals surface area contributed by atoms with Gasteiger partial charge in [-0.05, 0) is 18.9 Å². The Hall–Kier alpha value is -2.56. The molecule has 0 radical (unpaired) electrons. The lowest BCUT2D eigenvalue weighted by atomic mass is 10.1. The minimum absolute atomic E-state index is 0.0588. The number of hydrogen-bond donors (Lipinski definition) is 0. The van der Waals surface area contributed by atoms with Gasteiger partial charge >= 0.3 is 0 Å². The van der Waals surface area contributed by atoms with Crippen LogP contribution in [0.15, 0.2) is 40.8 Å². The maximum Gasteiger partial charge on any atom is 0.263 e. The van der Waals surface area contributed by atoms with Gasteiger partial charge in [0.05, 0.1) is 29.8 Å². The fourth-order valence-corrected chi connectivity index (χ4v) is 6.62. The first-order valence-corrected chi connectivity index (χ1v) is 13.0. The zero-order valence-electron chi connectivity index (χ0n) is 18.0. The molecule has 1 atom stereocenters. The lowest BCUT2D eigenvalue weighted by Crippen LogP contribution is -2.45. The summed E-state index contributed by atoms with van der Waals surface area (Å²) in [5, 5.41) is 2.39. The molecule has 8 nitrogen and oxygen atoms in total. The Bertz CT molecular complexity index is 1300. The Kier molecular flexibility index (Phi) is 6.45. The van der Waals surface area contributed by atoms with Gasteiger partial charge in [0, 0.05) is 30.6 Å². The predicted octanol–water partition coefficient (Wildman–Crippen LogP) is 2.10. The second-order valence-corrected chi connectivity index (χ2v) is 11.1. The average molecular weight is 476 g/mol. The van der Waals surface area contributed by atoms with Crippen molar-refractivity contribution in [3.63, 3.8) is 0 Å². The third-order valence-electron chi connectivity index (χ3n) is 5.73. The zero-order chi connectivity index (χ0) is 22.9. The van der Waals surface area contributed by atoms with Crippen LogP contribution < -0.4 is 5.56 Å². The van der Waals surface area contributed by atoms with Crippen LogP contribution in [0, 0.1) is 6.92 Å². The highest BCUT2D eigenvalue weighted by molar-refractivity contribution is 7.91. The quantitative estimate of drug-likeness (QED) is 0.519. The highest BCUT2D eigenvalue weighted by atomic mass is 32.2. The molecular formula is C22H25N3O5S2. The van der Waals surface area contributed by atoms with Crippen LogP contribution in [0.25, 0.3) is 21.3 Å². The van der Waals surface area contributed by atoms with Crippen molar-refractivity contribution in [2.75, 3.05) is 31.8 Å². The van der Waals surface area contributed by atoms with Gasteiger partial charge in [0.1, 0.15) is 11.4 Å². The Labute approximate surface area is 190 Å². The Morgan fingerprint density at radius 3 is 2.72 bits per heavy atom. The molecule has 0 saturated carbocycles. The smallest absolute Gasteiger partial charge is 0.263 e. The van der Waals surface area contributed by atoms with Crippen LogP contribution in [0.5, 0.6) is 0 Å². The van der Waals surface area contributed by atoms with Crippen molar-refractivity contribution >= 4 is 37.3 Å². The van der Waals surface area contributed by atoms with E-state index < -0.39 is 15.9 Å². The number of amides is 1. The molecule has 32 heavy (non-hydrogen) atoms. The Morgan fingerprint density at radius 1 is 1.31 bits per heavy atom. The van der Waals surface area contributed by atoms with Gasteiger partial charge in [0.25, 0.3) is 5.56 Å². The van der Waals surface area contributed by atoms with Gasteiger partial charge in [0.15, 0.2) is 9.84 Å². The fourth-order valence-electron chi connectivity index (χ4n) is 3.98. The van der Waals surface area contributed by atoms with Gasteiger partial charge in [-0.1, -0.05) is 29.8 Å². The number of benzene rings is 1. The molecule has 0 unspecified atom stereocenters. The van der Waals surface area contributed by atoms with Crippen molar-refractivity contribution in [1.82, 2.24) is 14.5 Å². The van der Waals surface area contributed by atoms with E-state index in [9.17, 15) is 18.0 Å². The van der Waals surface area contributed by atoms with Crippen molar-refractivity contribution < 1.29 is 17.9 Å². The van der Waals surface area contributed by atoms with Crippen molar-refractivity contribution in [2.24, 2.45) is 0 Å². The van der Waals surface area contributed by atoms with Crippen molar-refractivity contribution in [2.45, 2.75) is 25.9 Å². The van der Waals surface area contributed by atoms with Gasteiger partial charge in [-0.15, -0.1) is 11.3 Å². The van der Waals surface area contributed by atoms with E-state index in [4.69, 9.17) is 4.74 Å². The normalized spacial score (nSPS) is 17.6. The summed E-state index contributed by atoms with van der Waals surface area (Å²) >= 11 is 1.39. The molecule has 10 heteroatoms. The molecule has 1 fully saturated rings. The van der Waals surface area contributed by atoms with Crippen molar-refractivity contribution in [3.05, 3.63) is 51.9 Å². The summed E-state index contributed by atoms with van der Waals surface area (Å²) in [6, 6.07) is 7.50. The monoisotopic (exact) mass is 475 g/mol. The van der Waals surface area contributed by atoms with E-state index in [1.54, 1.807) is 0 Å². The van der Waals surface area contributed by atoms with Crippen LogP contribution >= 0.6 is 11.3 Å². The molecule has 3 heterocycles. The summed E-state index contributed by atoms with van der Waals surface area (Å²) in [4.78, 5) is 32.9. The predicted molar refractivity (Wildman–Crippen MR) is 125 cm³/mol. The third kappa shape index (κ3) is 4.62. The van der Waals surface area contributed by atoms with Gasteiger partial charge in [0.2, 0.25) is 5.91 Å². The zero-order valence-corrected chi connectivity index (χ0v) is 19.6. The lowest BCUT2D eigenvalue weighted by Gasteiger charge is -2.28. The maximum atomic E-state index is 13.3. The van der Waals surface area contributed by atoms with Crippen LogP contribution in [0.3, 0.4) is 0 Å². The number of fused-ring (bicyclic) bond motifs is 1. The van der Waals surface area contributed by atoms with E-state index in [-0.39, 0.29) is 42.7 Å². The molecular weight excluding hydrogens is 450 g/mol. The SMILES string of the molecule is COCCN(C(=O)Cn1cnc2scc(-c3ccc(C)cc3)c2c1=O)[C@@H]1CCS(=O)(=O)C1. The fraction of sp³-hybridized carbons (Fsp3) is 0.409. The summed E-state index contributed by atoms with van der Waals surface area (Å²) in [5.74, 6) is -0.313. The average Bonchev–Trinajstić information content (AvgIpc) is 3.34. The lowest BCUT2D eigenvalue weighted by molar-refractivity contribution is -0.134. The molecule has 0 N–H and O–H groups in total. The van der Waals surface area contributed by atoms with Crippen molar-refractivity contribution in [1.29, 1.82) is 0 Å². The third-order valence-corrected chi connectivity index (χ3v) is 8.37. The molecule has 0 spiro atoms. The number of ether oxygens (including phenoxy) is 1. The number of sulfone groups is 1. The highest BCUT2D eigenvalue weighted by Crippen LogP contribution is 2.30. The summed E-state index contributed by atoms with van der Waals surface area (Å²) in [6.45, 7) is 2.36. The number of nitrogens with zero attached hydrogens (tertiary/aromatic N) is 3. The molecule has 1 aliphatic heterocycles. The molecule has 0 bridgehead atoms. The number of carbonyl (C=O) groups is 1. The van der Waals surface area contributed by atoms with E-state index in [1.807, 2.05) is 36.6 Å². The number of carbonyl (C=O) groups excluding carboxylic acids is 1. The number of hydrogen-bond acceptors (Lipinski definition) is 7. The minimum Gasteiger partial charge on any atom is -0.383 e. The van der Waals surface area contributed by atoms with E-state index in [0.29, 0.717) is 16.6 Å². The summed E-state index contributed by atoms with van der Waals surface area (Å²) in [7, 11) is -1.63. The number of aromatic nitrogens is 2. The second-order valence-electron chi connectivity index (χ2n) is 8.01. The van der Waals surface area contributed by atoms with Crippen LogP contribution in [0.4, 0.5) is 0 Å². The van der Waals surface area contributed by atoms with Crippen LogP contribution in [-0.2, 0) is 25.9 Å². The van der Waals surface area contributed by atoms with E-state index in [2.05, 4.69) is 4.98 Å². The molecule has 1 aromatic carbocycles. The van der Waals surface area contributed by atoms with E-state index in [0.717, 1.165) is 16.7 Å². The summed E-state index contributed by atoms with van der Waals surface area (Å²) in [5.41, 5.74) is 2.55. The Balaban J connectivity index is 1.64.